The zero-order chi connectivity index (χ0) is 34.5. The molecule has 0 unspecified atom stereocenters. The molecular formula is C36H51N3O8. The Morgan fingerprint density at radius 2 is 1.91 bits per heavy atom. The van der Waals surface area contributed by atoms with Gasteiger partial charge in [0.25, 0.3) is 0 Å². The summed E-state index contributed by atoms with van der Waals surface area (Å²) >= 11 is 0. The molecule has 0 aromatic heterocycles. The van der Waals surface area contributed by atoms with Crippen LogP contribution in [0.5, 0.6) is 0 Å². The standard InChI is InChI=1S/C36H51N3O8/c1-8-11-17-27(41)37-25(22-45-7)30(23-15-13-12-14-16-23)46-34(44)28-26-18-19-36(47-26)29(28)32(42)39(24(10-3)21-40)31(36)33(43)38(20-9-2)35(4,5)6/h8-9,12-16,24-26,28-31,40H,1-2,10-11,17-22H2,3-7H3,(H,37,41)/t24-,25-,26-,28+,29+,30-,31-,36+/m0/s1. The van der Waals surface area contributed by atoms with E-state index in [1.54, 1.807) is 29.2 Å². The summed E-state index contributed by atoms with van der Waals surface area (Å²) in [5.41, 5.74) is -1.21. The molecule has 3 saturated heterocycles. The first-order chi connectivity index (χ1) is 22.4. The number of likely N-dealkylation sites (tertiary alicyclic amines) is 1. The van der Waals surface area contributed by atoms with Gasteiger partial charge in [0, 0.05) is 25.6 Å². The molecule has 1 spiro atoms. The van der Waals surface area contributed by atoms with Crippen LogP contribution in [0.1, 0.15) is 71.5 Å². The Hall–Kier alpha value is -3.54. The number of hydrogen-bond acceptors (Lipinski definition) is 8. The van der Waals surface area contributed by atoms with E-state index in [-0.39, 0.29) is 38.0 Å². The molecule has 3 amide bonds. The zero-order valence-electron chi connectivity index (χ0n) is 28.4. The largest absolute Gasteiger partial charge is 0.455 e. The number of nitrogens with one attached hydrogen (secondary N) is 1. The number of aliphatic hydroxyl groups is 1. The molecule has 3 fully saturated rings. The lowest BCUT2D eigenvalue weighted by molar-refractivity contribution is -0.163. The number of aliphatic hydroxyl groups excluding tert-OH is 1. The molecule has 258 valence electrons. The van der Waals surface area contributed by atoms with E-state index >= 15 is 0 Å². The second kappa shape index (κ2) is 15.1. The van der Waals surface area contributed by atoms with Crippen LogP contribution in [0, 0.1) is 11.8 Å². The van der Waals surface area contributed by atoms with Crippen LogP contribution in [0.3, 0.4) is 0 Å². The van der Waals surface area contributed by atoms with Crippen LogP contribution in [-0.4, -0.2) is 101 Å². The molecule has 2 N–H and O–H groups in total. The normalized spacial score (nSPS) is 26.7. The smallest absolute Gasteiger partial charge is 0.313 e. The van der Waals surface area contributed by atoms with E-state index in [0.717, 1.165) is 0 Å². The summed E-state index contributed by atoms with van der Waals surface area (Å²) in [5, 5.41) is 13.3. The number of benzene rings is 1. The van der Waals surface area contributed by atoms with Crippen LogP contribution in [-0.2, 0) is 33.4 Å². The predicted octanol–water partition coefficient (Wildman–Crippen LogP) is 3.33. The Labute approximate surface area is 278 Å². The first-order valence-electron chi connectivity index (χ1n) is 16.6. The second-order valence-corrected chi connectivity index (χ2v) is 13.7. The number of amides is 3. The van der Waals surface area contributed by atoms with Gasteiger partial charge in [-0.25, -0.2) is 0 Å². The second-order valence-electron chi connectivity index (χ2n) is 13.7. The van der Waals surface area contributed by atoms with E-state index < -0.39 is 65.2 Å². The Bertz CT molecular complexity index is 1310. The number of carbonyl (C=O) groups excluding carboxylic acids is 4. The van der Waals surface area contributed by atoms with Crippen molar-refractivity contribution in [3.05, 3.63) is 61.2 Å². The molecule has 1 aromatic rings. The highest BCUT2D eigenvalue weighted by atomic mass is 16.6. The molecule has 4 rings (SSSR count). The minimum atomic E-state index is -1.26. The summed E-state index contributed by atoms with van der Waals surface area (Å²) in [4.78, 5) is 59.3. The summed E-state index contributed by atoms with van der Waals surface area (Å²) in [6, 6.07) is 6.68. The van der Waals surface area contributed by atoms with Gasteiger partial charge in [0.05, 0.1) is 43.2 Å². The molecule has 1 aromatic carbocycles. The van der Waals surface area contributed by atoms with Crippen molar-refractivity contribution in [2.24, 2.45) is 11.8 Å². The quantitative estimate of drug-likeness (QED) is 0.205. The van der Waals surface area contributed by atoms with Gasteiger partial charge in [-0.05, 0) is 52.0 Å². The van der Waals surface area contributed by atoms with Gasteiger partial charge in [-0.3, -0.25) is 19.2 Å². The fourth-order valence-corrected chi connectivity index (χ4v) is 7.54. The fraction of sp³-hybridized carbons (Fsp3) is 0.611. The maximum Gasteiger partial charge on any atom is 0.313 e. The van der Waals surface area contributed by atoms with Crippen molar-refractivity contribution in [3.63, 3.8) is 0 Å². The Morgan fingerprint density at radius 3 is 2.49 bits per heavy atom. The zero-order valence-corrected chi connectivity index (χ0v) is 28.4. The molecule has 0 aliphatic carbocycles. The number of fused-ring (bicyclic) bond motifs is 1. The van der Waals surface area contributed by atoms with Crippen molar-refractivity contribution in [2.75, 3.05) is 26.9 Å². The molecule has 0 saturated carbocycles. The van der Waals surface area contributed by atoms with Crippen molar-refractivity contribution < 1.29 is 38.5 Å². The van der Waals surface area contributed by atoms with Crippen molar-refractivity contribution in [1.29, 1.82) is 0 Å². The number of allylic oxidation sites excluding steroid dienone is 1. The maximum absolute atomic E-state index is 14.5. The predicted molar refractivity (Wildman–Crippen MR) is 176 cm³/mol. The third-order valence-electron chi connectivity index (χ3n) is 9.71. The van der Waals surface area contributed by atoms with E-state index in [1.165, 1.54) is 12.0 Å². The van der Waals surface area contributed by atoms with Crippen LogP contribution in [0.4, 0.5) is 0 Å². The minimum Gasteiger partial charge on any atom is -0.455 e. The molecule has 8 atom stereocenters. The number of ether oxygens (including phenoxy) is 3. The number of esters is 1. The first-order valence-corrected chi connectivity index (χ1v) is 16.6. The summed E-state index contributed by atoms with van der Waals surface area (Å²) in [5.74, 6) is -3.56. The average molecular weight is 654 g/mol. The van der Waals surface area contributed by atoms with Crippen LogP contribution >= 0.6 is 0 Å². The molecule has 11 heteroatoms. The van der Waals surface area contributed by atoms with Crippen LogP contribution in [0.25, 0.3) is 0 Å². The van der Waals surface area contributed by atoms with Crippen molar-refractivity contribution in [2.45, 2.75) is 101 Å². The van der Waals surface area contributed by atoms with E-state index in [1.807, 2.05) is 45.9 Å². The lowest BCUT2D eigenvalue weighted by atomic mass is 9.70. The lowest BCUT2D eigenvalue weighted by Gasteiger charge is -2.43. The van der Waals surface area contributed by atoms with Crippen LogP contribution in [0.2, 0.25) is 0 Å². The van der Waals surface area contributed by atoms with Gasteiger partial charge >= 0.3 is 5.97 Å². The van der Waals surface area contributed by atoms with Crippen molar-refractivity contribution in [3.8, 4) is 0 Å². The molecule has 47 heavy (non-hydrogen) atoms. The highest BCUT2D eigenvalue weighted by Crippen LogP contribution is 2.59. The maximum atomic E-state index is 14.5. The molecule has 3 aliphatic heterocycles. The third-order valence-corrected chi connectivity index (χ3v) is 9.71. The van der Waals surface area contributed by atoms with Crippen LogP contribution in [0.15, 0.2) is 55.6 Å². The van der Waals surface area contributed by atoms with Gasteiger partial charge in [-0.2, -0.15) is 0 Å². The Kier molecular flexibility index (Phi) is 11.7. The monoisotopic (exact) mass is 653 g/mol. The third kappa shape index (κ3) is 7.03. The van der Waals surface area contributed by atoms with Crippen molar-refractivity contribution in [1.82, 2.24) is 15.1 Å². The summed E-state index contributed by atoms with van der Waals surface area (Å²) in [6.07, 6.45) is 3.71. The fourth-order valence-electron chi connectivity index (χ4n) is 7.54. The number of carbonyl (C=O) groups is 4. The highest BCUT2D eigenvalue weighted by Gasteiger charge is 2.76. The van der Waals surface area contributed by atoms with Crippen molar-refractivity contribution >= 4 is 23.7 Å². The Balaban J connectivity index is 1.73. The SMILES string of the molecule is C=CCCC(=O)N[C@@H](COC)[C@@H](OC(=O)[C@@H]1[C@@H]2CC[C@]3(O2)[C@H](C(=O)N(CC=C)C(C)(C)C)N([C@@H](CC)CO)C(=O)[C@@H]13)c1ccccc1. The lowest BCUT2D eigenvalue weighted by Crippen LogP contribution is -2.61. The minimum absolute atomic E-state index is 0.0640. The molecule has 3 heterocycles. The van der Waals surface area contributed by atoms with Crippen LogP contribution < -0.4 is 5.32 Å². The molecule has 3 aliphatic rings. The van der Waals surface area contributed by atoms with E-state index in [4.69, 9.17) is 14.2 Å². The molecule has 11 nitrogen and oxygen atoms in total. The molecular weight excluding hydrogens is 602 g/mol. The molecule has 0 radical (unpaired) electrons. The van der Waals surface area contributed by atoms with Gasteiger partial charge in [0.15, 0.2) is 0 Å². The van der Waals surface area contributed by atoms with E-state index in [0.29, 0.717) is 31.2 Å². The molecule has 2 bridgehead atoms. The number of hydrogen-bond donors (Lipinski definition) is 2. The summed E-state index contributed by atoms with van der Waals surface area (Å²) < 4.78 is 18.3. The van der Waals surface area contributed by atoms with Gasteiger partial charge in [-0.15, -0.1) is 13.2 Å². The van der Waals surface area contributed by atoms with Gasteiger partial charge in [0.1, 0.15) is 17.7 Å². The Morgan fingerprint density at radius 1 is 1.21 bits per heavy atom. The highest BCUT2D eigenvalue weighted by molar-refractivity contribution is 5.98. The number of nitrogens with zero attached hydrogens (tertiary/aromatic N) is 2. The van der Waals surface area contributed by atoms with Gasteiger partial charge < -0.3 is 34.4 Å². The summed E-state index contributed by atoms with van der Waals surface area (Å²) in [6.45, 7) is 15.1. The van der Waals surface area contributed by atoms with E-state index in [2.05, 4.69) is 18.5 Å². The first kappa shape index (κ1) is 36.3. The number of methoxy groups -OCH3 is 1. The number of rotatable bonds is 16. The van der Waals surface area contributed by atoms with Gasteiger partial charge in [-0.1, -0.05) is 49.4 Å². The summed E-state index contributed by atoms with van der Waals surface area (Å²) in [7, 11) is 1.50. The topological polar surface area (TPSA) is 135 Å². The van der Waals surface area contributed by atoms with E-state index in [9.17, 15) is 24.3 Å². The van der Waals surface area contributed by atoms with Gasteiger partial charge in [0.2, 0.25) is 17.7 Å². The average Bonchev–Trinajstić information content (AvgIpc) is 3.69.